The molecule has 8 heteroatoms. The fraction of sp³-hybridized carbons (Fsp3) is 0.214. The molecule has 0 aliphatic heterocycles. The van der Waals surface area contributed by atoms with Gasteiger partial charge in [0.1, 0.15) is 5.82 Å². The number of nitrogens with zero attached hydrogens (tertiary/aromatic N) is 4. The highest BCUT2D eigenvalue weighted by Crippen LogP contribution is 2.28. The van der Waals surface area contributed by atoms with Crippen molar-refractivity contribution in [2.24, 2.45) is 5.84 Å². The van der Waals surface area contributed by atoms with Gasteiger partial charge in [0.15, 0.2) is 0 Å². The van der Waals surface area contributed by atoms with E-state index in [4.69, 9.17) is 29.0 Å². The highest BCUT2D eigenvalue weighted by molar-refractivity contribution is 6.37. The maximum Gasteiger partial charge on any atom is 0.357 e. The summed E-state index contributed by atoms with van der Waals surface area (Å²) in [6, 6.07) is 5.00. The van der Waals surface area contributed by atoms with Crippen LogP contribution in [0, 0.1) is 0 Å². The number of para-hydroxylation sites is 1. The standard InChI is InChI=1S/C14H15Cl2N5O/c1-3-8-20(17)13-18-11(4-2)21(14(22)19-13)12-9(15)6-5-7-10(12)16/h3,5-7H,1,4,8,17H2,2H3. The van der Waals surface area contributed by atoms with E-state index in [9.17, 15) is 4.79 Å². The molecule has 0 aliphatic rings. The molecule has 0 saturated heterocycles. The van der Waals surface area contributed by atoms with E-state index >= 15 is 0 Å². The van der Waals surface area contributed by atoms with E-state index in [2.05, 4.69) is 16.5 Å². The SMILES string of the molecule is C=CCN(N)c1nc(CC)n(-c2c(Cl)cccc2Cl)c(=O)n1. The van der Waals surface area contributed by atoms with Crippen LogP contribution in [0.15, 0.2) is 35.6 Å². The topological polar surface area (TPSA) is 77.0 Å². The lowest BCUT2D eigenvalue weighted by atomic mass is 10.3. The minimum Gasteiger partial charge on any atom is -0.275 e. The van der Waals surface area contributed by atoms with Crippen LogP contribution in [0.25, 0.3) is 5.69 Å². The second-order valence-electron chi connectivity index (χ2n) is 4.42. The molecule has 2 N–H and O–H groups in total. The second kappa shape index (κ2) is 6.91. The molecule has 6 nitrogen and oxygen atoms in total. The quantitative estimate of drug-likeness (QED) is 0.514. The molecule has 1 heterocycles. The van der Waals surface area contributed by atoms with Crippen LogP contribution in [0.1, 0.15) is 12.7 Å². The fourth-order valence-corrected chi connectivity index (χ4v) is 2.52. The van der Waals surface area contributed by atoms with Crippen LogP contribution in [-0.4, -0.2) is 21.1 Å². The number of hydrogen-bond acceptors (Lipinski definition) is 5. The van der Waals surface area contributed by atoms with Crippen LogP contribution >= 0.6 is 23.2 Å². The van der Waals surface area contributed by atoms with E-state index in [1.165, 1.54) is 9.58 Å². The van der Waals surface area contributed by atoms with E-state index in [0.29, 0.717) is 34.5 Å². The molecule has 0 bridgehead atoms. The van der Waals surface area contributed by atoms with Crippen LogP contribution in [-0.2, 0) is 6.42 Å². The molecule has 0 saturated carbocycles. The van der Waals surface area contributed by atoms with Gasteiger partial charge in [-0.3, -0.25) is 5.01 Å². The Kier molecular flexibility index (Phi) is 5.18. The lowest BCUT2D eigenvalue weighted by Gasteiger charge is -2.18. The summed E-state index contributed by atoms with van der Waals surface area (Å²) in [5.74, 6) is 6.37. The van der Waals surface area contributed by atoms with Gasteiger partial charge in [-0.2, -0.15) is 9.97 Å². The number of hydrazine groups is 1. The van der Waals surface area contributed by atoms with Crippen molar-refractivity contribution in [1.82, 2.24) is 14.5 Å². The number of rotatable bonds is 5. The summed E-state index contributed by atoms with van der Waals surface area (Å²) in [6.07, 6.45) is 2.07. The molecule has 2 aromatic rings. The Balaban J connectivity index is 2.68. The van der Waals surface area contributed by atoms with Crippen molar-refractivity contribution < 1.29 is 0 Å². The lowest BCUT2D eigenvalue weighted by molar-refractivity contribution is 0.740. The number of hydrogen-bond donors (Lipinski definition) is 1. The number of benzene rings is 1. The molecule has 0 radical (unpaired) electrons. The summed E-state index contributed by atoms with van der Waals surface area (Å²) in [5, 5.41) is 1.93. The van der Waals surface area contributed by atoms with Crippen molar-refractivity contribution in [3.8, 4) is 5.69 Å². The van der Waals surface area contributed by atoms with Crippen molar-refractivity contribution in [3.05, 3.63) is 57.2 Å². The predicted molar refractivity (Wildman–Crippen MR) is 88.8 cm³/mol. The van der Waals surface area contributed by atoms with Gasteiger partial charge in [0.05, 0.1) is 22.3 Å². The predicted octanol–water partition coefficient (Wildman–Crippen LogP) is 2.36. The number of aryl methyl sites for hydroxylation is 1. The third-order valence-electron chi connectivity index (χ3n) is 2.93. The molecular weight excluding hydrogens is 325 g/mol. The van der Waals surface area contributed by atoms with Crippen molar-refractivity contribution in [2.75, 3.05) is 11.6 Å². The van der Waals surface area contributed by atoms with Gasteiger partial charge in [-0.05, 0) is 12.1 Å². The Morgan fingerprint density at radius 3 is 2.55 bits per heavy atom. The van der Waals surface area contributed by atoms with Gasteiger partial charge < -0.3 is 0 Å². The summed E-state index contributed by atoms with van der Waals surface area (Å²) in [6.45, 7) is 5.77. The normalized spacial score (nSPS) is 10.5. The average molecular weight is 340 g/mol. The van der Waals surface area contributed by atoms with Crippen LogP contribution in [0.2, 0.25) is 10.0 Å². The van der Waals surface area contributed by atoms with Gasteiger partial charge in [-0.25, -0.2) is 15.2 Å². The van der Waals surface area contributed by atoms with E-state index in [1.807, 2.05) is 6.92 Å². The van der Waals surface area contributed by atoms with Crippen molar-refractivity contribution in [2.45, 2.75) is 13.3 Å². The first-order valence-corrected chi connectivity index (χ1v) is 7.32. The summed E-state index contributed by atoms with van der Waals surface area (Å²) < 4.78 is 1.30. The molecule has 2 rings (SSSR count). The Bertz CT molecular complexity index is 739. The first-order valence-electron chi connectivity index (χ1n) is 6.57. The molecule has 0 unspecified atom stereocenters. The summed E-state index contributed by atoms with van der Waals surface area (Å²) in [4.78, 5) is 20.6. The number of halogens is 2. The zero-order valence-electron chi connectivity index (χ0n) is 12.0. The second-order valence-corrected chi connectivity index (χ2v) is 5.24. The molecule has 1 aromatic heterocycles. The molecule has 0 amide bonds. The van der Waals surface area contributed by atoms with Gasteiger partial charge in [-0.1, -0.05) is 42.3 Å². The highest BCUT2D eigenvalue weighted by Gasteiger charge is 2.17. The Hall–Kier alpha value is -1.89. The van der Waals surface area contributed by atoms with Crippen LogP contribution in [0.3, 0.4) is 0 Å². The number of nitrogens with two attached hydrogens (primary N) is 1. The van der Waals surface area contributed by atoms with E-state index < -0.39 is 5.69 Å². The van der Waals surface area contributed by atoms with E-state index in [0.717, 1.165) is 0 Å². The monoisotopic (exact) mass is 339 g/mol. The first kappa shape index (κ1) is 16.5. The van der Waals surface area contributed by atoms with Gasteiger partial charge in [0.25, 0.3) is 0 Å². The number of anilines is 1. The fourth-order valence-electron chi connectivity index (χ4n) is 1.95. The molecule has 0 aliphatic carbocycles. The van der Waals surface area contributed by atoms with Gasteiger partial charge in [0.2, 0.25) is 5.95 Å². The molecule has 0 spiro atoms. The minimum atomic E-state index is -0.545. The first-order chi connectivity index (χ1) is 10.5. The maximum absolute atomic E-state index is 12.4. The largest absolute Gasteiger partial charge is 0.357 e. The molecule has 0 atom stereocenters. The highest BCUT2D eigenvalue weighted by atomic mass is 35.5. The summed E-state index contributed by atoms with van der Waals surface area (Å²) in [5.41, 5.74) is -0.178. The van der Waals surface area contributed by atoms with Crippen LogP contribution < -0.4 is 16.5 Å². The van der Waals surface area contributed by atoms with Crippen molar-refractivity contribution in [3.63, 3.8) is 0 Å². The third-order valence-corrected chi connectivity index (χ3v) is 3.54. The Labute approximate surface area is 137 Å². The Morgan fingerprint density at radius 2 is 2.00 bits per heavy atom. The molecule has 1 aromatic carbocycles. The Morgan fingerprint density at radius 1 is 1.36 bits per heavy atom. The van der Waals surface area contributed by atoms with Crippen molar-refractivity contribution in [1.29, 1.82) is 0 Å². The van der Waals surface area contributed by atoms with Crippen LogP contribution in [0.4, 0.5) is 5.95 Å². The third kappa shape index (κ3) is 3.14. The zero-order chi connectivity index (χ0) is 16.3. The molecule has 22 heavy (non-hydrogen) atoms. The van der Waals surface area contributed by atoms with Gasteiger partial charge in [0, 0.05) is 6.42 Å². The molecular formula is C14H15Cl2N5O. The average Bonchev–Trinajstić information content (AvgIpc) is 2.48. The van der Waals surface area contributed by atoms with Crippen molar-refractivity contribution >= 4 is 29.2 Å². The number of aromatic nitrogens is 3. The van der Waals surface area contributed by atoms with Gasteiger partial charge >= 0.3 is 5.69 Å². The summed E-state index contributed by atoms with van der Waals surface area (Å²) >= 11 is 12.3. The maximum atomic E-state index is 12.4. The zero-order valence-corrected chi connectivity index (χ0v) is 13.5. The summed E-state index contributed by atoms with van der Waals surface area (Å²) in [7, 11) is 0. The smallest absolute Gasteiger partial charge is 0.275 e. The minimum absolute atomic E-state index is 0.126. The molecule has 116 valence electrons. The van der Waals surface area contributed by atoms with E-state index in [1.54, 1.807) is 24.3 Å². The molecule has 0 fully saturated rings. The lowest BCUT2D eigenvalue weighted by Crippen LogP contribution is -2.37. The van der Waals surface area contributed by atoms with Crippen LogP contribution in [0.5, 0.6) is 0 Å². The van der Waals surface area contributed by atoms with E-state index in [-0.39, 0.29) is 5.95 Å². The van der Waals surface area contributed by atoms with Gasteiger partial charge in [-0.15, -0.1) is 6.58 Å².